The van der Waals surface area contributed by atoms with Gasteiger partial charge in [-0.3, -0.25) is 4.79 Å². The van der Waals surface area contributed by atoms with Crippen molar-refractivity contribution >= 4 is 17.2 Å². The van der Waals surface area contributed by atoms with Crippen LogP contribution in [0, 0.1) is 11.3 Å². The number of hydrogen-bond acceptors (Lipinski definition) is 4. The molecule has 0 unspecified atom stereocenters. The zero-order valence-corrected chi connectivity index (χ0v) is 14.1. The number of nitrogens with zero attached hydrogens (tertiary/aromatic N) is 2. The van der Waals surface area contributed by atoms with E-state index in [9.17, 15) is 4.79 Å². The van der Waals surface area contributed by atoms with Gasteiger partial charge in [-0.2, -0.15) is 0 Å². The van der Waals surface area contributed by atoms with Crippen LogP contribution in [0.15, 0.2) is 24.3 Å². The van der Waals surface area contributed by atoms with Crippen LogP contribution in [0.25, 0.3) is 0 Å². The molecule has 23 heavy (non-hydrogen) atoms. The first-order valence-corrected chi connectivity index (χ1v) is 8.77. The second kappa shape index (κ2) is 5.52. The third kappa shape index (κ3) is 2.63. The highest BCUT2D eigenvalue weighted by Crippen LogP contribution is 2.46. The minimum Gasteiger partial charge on any atom is -0.378 e. The Labute approximate surface area is 138 Å². The number of hydrogen-bond donors (Lipinski definition) is 0. The molecule has 2 atom stereocenters. The Bertz CT molecular complexity index is 590. The summed E-state index contributed by atoms with van der Waals surface area (Å²) >= 11 is 0. The number of carbonyl (C=O) groups excluding carboxylic acids is 1. The molecule has 124 valence electrons. The molecule has 0 aromatic heterocycles. The van der Waals surface area contributed by atoms with Crippen molar-refractivity contribution in [3.8, 4) is 0 Å². The molecule has 0 amide bonds. The van der Waals surface area contributed by atoms with E-state index in [1.54, 1.807) is 0 Å². The van der Waals surface area contributed by atoms with Crippen LogP contribution < -0.4 is 9.80 Å². The Morgan fingerprint density at radius 1 is 1.09 bits per heavy atom. The molecule has 4 nitrogen and oxygen atoms in total. The van der Waals surface area contributed by atoms with Gasteiger partial charge in [0.25, 0.3) is 0 Å². The van der Waals surface area contributed by atoms with Gasteiger partial charge in [0.2, 0.25) is 0 Å². The SMILES string of the molecule is CC1(C)C[C@H]2CN(c3ccc(N4CCOCC4)cc3)[C@@H]1CC2=O. The van der Waals surface area contributed by atoms with Gasteiger partial charge in [-0.15, -0.1) is 0 Å². The summed E-state index contributed by atoms with van der Waals surface area (Å²) in [7, 11) is 0. The lowest BCUT2D eigenvalue weighted by Gasteiger charge is -2.54. The Hall–Kier alpha value is -1.55. The van der Waals surface area contributed by atoms with Gasteiger partial charge < -0.3 is 14.5 Å². The van der Waals surface area contributed by atoms with Crippen molar-refractivity contribution in [2.45, 2.75) is 32.7 Å². The van der Waals surface area contributed by atoms with Gasteiger partial charge in [-0.05, 0) is 36.1 Å². The van der Waals surface area contributed by atoms with E-state index in [1.165, 1.54) is 11.4 Å². The molecule has 1 aliphatic carbocycles. The minimum atomic E-state index is 0.217. The van der Waals surface area contributed by atoms with E-state index in [0.717, 1.165) is 39.3 Å². The lowest BCUT2D eigenvalue weighted by Crippen LogP contribution is -2.60. The molecular weight excluding hydrogens is 288 g/mol. The summed E-state index contributed by atoms with van der Waals surface area (Å²) in [5.74, 6) is 0.685. The zero-order chi connectivity index (χ0) is 16.0. The van der Waals surface area contributed by atoms with Crippen LogP contribution in [0.4, 0.5) is 11.4 Å². The van der Waals surface area contributed by atoms with Crippen LogP contribution in [0.5, 0.6) is 0 Å². The molecule has 1 aromatic carbocycles. The highest BCUT2D eigenvalue weighted by atomic mass is 16.5. The van der Waals surface area contributed by atoms with E-state index in [0.29, 0.717) is 18.2 Å². The van der Waals surface area contributed by atoms with Crippen molar-refractivity contribution in [1.29, 1.82) is 0 Å². The summed E-state index contributed by atoms with van der Waals surface area (Å²) in [4.78, 5) is 17.0. The Kier molecular flexibility index (Phi) is 3.60. The number of anilines is 2. The first-order chi connectivity index (χ1) is 11.0. The number of morpholine rings is 1. The van der Waals surface area contributed by atoms with Crippen molar-refractivity contribution in [1.82, 2.24) is 0 Å². The van der Waals surface area contributed by atoms with Crippen LogP contribution >= 0.6 is 0 Å². The van der Waals surface area contributed by atoms with Gasteiger partial charge in [0, 0.05) is 49.4 Å². The maximum absolute atomic E-state index is 12.1. The first-order valence-electron chi connectivity index (χ1n) is 8.77. The third-order valence-electron chi connectivity index (χ3n) is 5.88. The molecular formula is C19H26N2O2. The van der Waals surface area contributed by atoms with Crippen LogP contribution in [0.1, 0.15) is 26.7 Å². The normalized spacial score (nSPS) is 29.9. The largest absolute Gasteiger partial charge is 0.378 e. The Balaban J connectivity index is 1.55. The molecule has 3 saturated heterocycles. The molecule has 4 fully saturated rings. The van der Waals surface area contributed by atoms with E-state index in [2.05, 4.69) is 47.9 Å². The maximum Gasteiger partial charge on any atom is 0.139 e. The second-order valence-corrected chi connectivity index (χ2v) is 7.84. The average molecular weight is 314 g/mol. The number of ether oxygens (including phenoxy) is 1. The summed E-state index contributed by atoms with van der Waals surface area (Å²) in [6, 6.07) is 9.24. The number of fused-ring (bicyclic) bond motifs is 3. The van der Waals surface area contributed by atoms with Crippen molar-refractivity contribution in [3.05, 3.63) is 24.3 Å². The molecule has 4 aliphatic rings. The van der Waals surface area contributed by atoms with Gasteiger partial charge in [-0.25, -0.2) is 0 Å². The van der Waals surface area contributed by atoms with Crippen molar-refractivity contribution in [2.75, 3.05) is 42.6 Å². The van der Waals surface area contributed by atoms with Crippen LogP contribution in [0.2, 0.25) is 0 Å². The molecule has 3 heterocycles. The highest BCUT2D eigenvalue weighted by Gasteiger charge is 2.49. The number of benzene rings is 1. The molecule has 0 spiro atoms. The van der Waals surface area contributed by atoms with E-state index < -0.39 is 0 Å². The fraction of sp³-hybridized carbons (Fsp3) is 0.632. The quantitative estimate of drug-likeness (QED) is 0.840. The van der Waals surface area contributed by atoms with E-state index in [-0.39, 0.29) is 11.3 Å². The molecule has 2 bridgehead atoms. The number of Topliss-reactive ketones (excluding diaryl/α,β-unsaturated/α-hetero) is 1. The summed E-state index contributed by atoms with van der Waals surface area (Å²) < 4.78 is 5.42. The van der Waals surface area contributed by atoms with E-state index in [1.807, 2.05) is 0 Å². The Morgan fingerprint density at radius 3 is 2.39 bits per heavy atom. The Morgan fingerprint density at radius 2 is 1.74 bits per heavy atom. The summed E-state index contributed by atoms with van der Waals surface area (Å²) in [5.41, 5.74) is 2.76. The summed E-state index contributed by atoms with van der Waals surface area (Å²) in [5, 5.41) is 0. The number of ketones is 1. The van der Waals surface area contributed by atoms with Gasteiger partial charge in [0.1, 0.15) is 5.78 Å². The van der Waals surface area contributed by atoms with Crippen LogP contribution in [-0.2, 0) is 9.53 Å². The monoisotopic (exact) mass is 314 g/mol. The zero-order valence-electron chi connectivity index (χ0n) is 14.1. The second-order valence-electron chi connectivity index (χ2n) is 7.84. The van der Waals surface area contributed by atoms with Gasteiger partial charge >= 0.3 is 0 Å². The molecule has 4 heteroatoms. The number of piperidine rings is 2. The lowest BCUT2D eigenvalue weighted by atomic mass is 9.64. The minimum absolute atomic E-state index is 0.217. The van der Waals surface area contributed by atoms with Crippen LogP contribution in [0.3, 0.4) is 0 Å². The maximum atomic E-state index is 12.1. The van der Waals surface area contributed by atoms with Crippen molar-refractivity contribution < 1.29 is 9.53 Å². The molecule has 0 N–H and O–H groups in total. The predicted octanol–water partition coefficient (Wildman–Crippen LogP) is 2.72. The fourth-order valence-electron chi connectivity index (χ4n) is 4.54. The van der Waals surface area contributed by atoms with E-state index >= 15 is 0 Å². The molecule has 3 aliphatic heterocycles. The molecule has 1 aromatic rings. The first kappa shape index (κ1) is 15.0. The van der Waals surface area contributed by atoms with Crippen molar-refractivity contribution in [2.24, 2.45) is 11.3 Å². The van der Waals surface area contributed by atoms with Gasteiger partial charge in [0.05, 0.1) is 13.2 Å². The lowest BCUT2D eigenvalue weighted by molar-refractivity contribution is -0.130. The third-order valence-corrected chi connectivity index (χ3v) is 5.88. The molecule has 0 radical (unpaired) electrons. The number of carbonyl (C=O) groups is 1. The van der Waals surface area contributed by atoms with Gasteiger partial charge in [-0.1, -0.05) is 13.8 Å². The number of rotatable bonds is 2. The predicted molar refractivity (Wildman–Crippen MR) is 92.1 cm³/mol. The van der Waals surface area contributed by atoms with E-state index in [4.69, 9.17) is 4.74 Å². The van der Waals surface area contributed by atoms with Gasteiger partial charge in [0.15, 0.2) is 0 Å². The topological polar surface area (TPSA) is 32.8 Å². The van der Waals surface area contributed by atoms with Crippen molar-refractivity contribution in [3.63, 3.8) is 0 Å². The summed E-state index contributed by atoms with van der Waals surface area (Å²) in [6.07, 6.45) is 1.75. The molecule has 5 rings (SSSR count). The standard InChI is InChI=1S/C19H26N2O2/c1-19(2)12-14-13-21(18(19)11-17(14)22)16-5-3-15(4-6-16)20-7-9-23-10-8-20/h3-6,14,18H,7-13H2,1-2H3/t14-,18+/m0/s1. The smallest absolute Gasteiger partial charge is 0.139 e. The highest BCUT2D eigenvalue weighted by molar-refractivity contribution is 5.86. The average Bonchev–Trinajstić information content (AvgIpc) is 2.56. The molecule has 1 saturated carbocycles. The van der Waals surface area contributed by atoms with Crippen LogP contribution in [-0.4, -0.2) is 44.7 Å². The summed E-state index contributed by atoms with van der Waals surface area (Å²) in [6.45, 7) is 9.08. The fourth-order valence-corrected chi connectivity index (χ4v) is 4.54.